The number of nitrogens with zero attached hydrogens (tertiary/aromatic N) is 1. The molecule has 0 radical (unpaired) electrons. The molecule has 0 spiro atoms. The molecule has 0 saturated heterocycles. The van der Waals surface area contributed by atoms with Gasteiger partial charge in [0.2, 0.25) is 0 Å². The largest absolute Gasteiger partial charge is 0.505 e. The highest BCUT2D eigenvalue weighted by Crippen LogP contribution is 2.31. The first-order chi connectivity index (χ1) is 6.99. The van der Waals surface area contributed by atoms with E-state index in [2.05, 4.69) is 4.98 Å². The van der Waals surface area contributed by atoms with E-state index in [-0.39, 0.29) is 5.56 Å². The molecule has 0 bridgehead atoms. The maximum Gasteiger partial charge on any atom is 0.358 e. The number of carbonyl (C=O) groups is 1. The van der Waals surface area contributed by atoms with Crippen LogP contribution < -0.4 is 0 Å². The number of aromatic hydroxyl groups is 1. The summed E-state index contributed by atoms with van der Waals surface area (Å²) in [6.07, 6.45) is -2.16. The zero-order valence-electron chi connectivity index (χ0n) is 7.25. The molecule has 15 heavy (non-hydrogen) atoms. The van der Waals surface area contributed by atoms with E-state index in [4.69, 9.17) is 16.7 Å². The Balaban J connectivity index is 3.39. The number of alkyl halides is 3. The standard InChI is InChI=1S/C8H6ClF2NO3/c9-1-3-4(7(10)11)2-12-5(6(3)13)8(14)15/h2,7,13H,1H2,(H,14,15). The zero-order valence-corrected chi connectivity index (χ0v) is 8.00. The van der Waals surface area contributed by atoms with Gasteiger partial charge < -0.3 is 10.2 Å². The number of hydrogen-bond acceptors (Lipinski definition) is 3. The summed E-state index contributed by atoms with van der Waals surface area (Å²) < 4.78 is 24.7. The minimum atomic E-state index is -2.86. The zero-order chi connectivity index (χ0) is 11.6. The van der Waals surface area contributed by atoms with Gasteiger partial charge in [0.25, 0.3) is 6.43 Å². The van der Waals surface area contributed by atoms with E-state index in [1.54, 1.807) is 0 Å². The second-order valence-corrected chi connectivity index (χ2v) is 2.90. The summed E-state index contributed by atoms with van der Waals surface area (Å²) in [5, 5.41) is 17.9. The van der Waals surface area contributed by atoms with Crippen LogP contribution in [0.1, 0.15) is 28.0 Å². The van der Waals surface area contributed by atoms with Crippen LogP contribution in [-0.4, -0.2) is 21.2 Å². The van der Waals surface area contributed by atoms with Crippen LogP contribution >= 0.6 is 11.6 Å². The number of hydrogen-bond donors (Lipinski definition) is 2. The van der Waals surface area contributed by atoms with Crippen molar-refractivity contribution in [3.8, 4) is 5.75 Å². The number of halogens is 3. The van der Waals surface area contributed by atoms with Crippen LogP contribution in [0.3, 0.4) is 0 Å². The van der Waals surface area contributed by atoms with Crippen molar-refractivity contribution in [2.45, 2.75) is 12.3 Å². The van der Waals surface area contributed by atoms with Crippen molar-refractivity contribution in [1.82, 2.24) is 4.98 Å². The van der Waals surface area contributed by atoms with E-state index in [1.165, 1.54) is 0 Å². The Morgan fingerprint density at radius 3 is 2.60 bits per heavy atom. The third-order valence-electron chi connectivity index (χ3n) is 1.76. The number of aromatic carboxylic acids is 1. The molecule has 0 unspecified atom stereocenters. The molecule has 1 rings (SSSR count). The van der Waals surface area contributed by atoms with Crippen molar-refractivity contribution < 1.29 is 23.8 Å². The fourth-order valence-electron chi connectivity index (χ4n) is 1.04. The average molecular weight is 238 g/mol. The van der Waals surface area contributed by atoms with Gasteiger partial charge in [0.05, 0.1) is 5.88 Å². The molecule has 0 fully saturated rings. The third-order valence-corrected chi connectivity index (χ3v) is 2.03. The monoisotopic (exact) mass is 237 g/mol. The van der Waals surface area contributed by atoms with Crippen molar-refractivity contribution in [2.24, 2.45) is 0 Å². The first kappa shape index (κ1) is 11.6. The first-order valence-corrected chi connectivity index (χ1v) is 4.30. The van der Waals surface area contributed by atoms with Gasteiger partial charge in [-0.05, 0) is 0 Å². The Kier molecular flexibility index (Phi) is 3.41. The van der Waals surface area contributed by atoms with Crippen LogP contribution in [0.4, 0.5) is 8.78 Å². The maximum absolute atomic E-state index is 12.4. The van der Waals surface area contributed by atoms with Crippen molar-refractivity contribution in [1.29, 1.82) is 0 Å². The summed E-state index contributed by atoms with van der Waals surface area (Å²) in [6, 6.07) is 0. The quantitative estimate of drug-likeness (QED) is 0.791. The van der Waals surface area contributed by atoms with Crippen molar-refractivity contribution in [3.63, 3.8) is 0 Å². The van der Waals surface area contributed by atoms with E-state index >= 15 is 0 Å². The van der Waals surface area contributed by atoms with Crippen LogP contribution in [0.15, 0.2) is 6.20 Å². The van der Waals surface area contributed by atoms with Crippen molar-refractivity contribution in [3.05, 3.63) is 23.0 Å². The molecule has 4 nitrogen and oxygen atoms in total. The fraction of sp³-hybridized carbons (Fsp3) is 0.250. The van der Waals surface area contributed by atoms with Crippen LogP contribution in [0.2, 0.25) is 0 Å². The molecule has 0 aromatic carbocycles. The summed E-state index contributed by atoms with van der Waals surface area (Å²) in [4.78, 5) is 13.7. The number of rotatable bonds is 3. The summed E-state index contributed by atoms with van der Waals surface area (Å²) in [6.45, 7) is 0. The molecule has 0 aliphatic carbocycles. The molecular formula is C8H6ClF2NO3. The van der Waals surface area contributed by atoms with E-state index in [0.29, 0.717) is 6.20 Å². The average Bonchev–Trinajstić information content (AvgIpc) is 2.16. The third kappa shape index (κ3) is 2.15. The van der Waals surface area contributed by atoms with Crippen LogP contribution in [0.25, 0.3) is 0 Å². The lowest BCUT2D eigenvalue weighted by atomic mass is 10.1. The van der Waals surface area contributed by atoms with Gasteiger partial charge in [-0.25, -0.2) is 18.6 Å². The Bertz CT molecular complexity index is 398. The van der Waals surface area contributed by atoms with E-state index < -0.39 is 35.3 Å². The Morgan fingerprint density at radius 1 is 1.60 bits per heavy atom. The van der Waals surface area contributed by atoms with Gasteiger partial charge in [0, 0.05) is 17.3 Å². The molecule has 0 aliphatic heterocycles. The molecule has 0 saturated carbocycles. The van der Waals surface area contributed by atoms with Gasteiger partial charge in [-0.1, -0.05) is 0 Å². The number of aromatic nitrogens is 1. The lowest BCUT2D eigenvalue weighted by Crippen LogP contribution is -2.05. The molecule has 1 aromatic heterocycles. The molecule has 2 N–H and O–H groups in total. The first-order valence-electron chi connectivity index (χ1n) is 3.77. The molecule has 0 atom stereocenters. The molecule has 82 valence electrons. The normalized spacial score (nSPS) is 10.7. The smallest absolute Gasteiger partial charge is 0.358 e. The Morgan fingerprint density at radius 2 is 2.20 bits per heavy atom. The maximum atomic E-state index is 12.4. The van der Waals surface area contributed by atoms with Crippen LogP contribution in [-0.2, 0) is 5.88 Å². The van der Waals surface area contributed by atoms with Gasteiger partial charge in [0.15, 0.2) is 11.4 Å². The highest BCUT2D eigenvalue weighted by molar-refractivity contribution is 6.17. The fourth-order valence-corrected chi connectivity index (χ4v) is 1.32. The summed E-state index contributed by atoms with van der Waals surface area (Å²) >= 11 is 5.34. The lowest BCUT2D eigenvalue weighted by molar-refractivity contribution is 0.0685. The molecular weight excluding hydrogens is 232 g/mol. The summed E-state index contributed by atoms with van der Waals surface area (Å²) in [5.74, 6) is -2.72. The van der Waals surface area contributed by atoms with E-state index in [0.717, 1.165) is 0 Å². The van der Waals surface area contributed by atoms with Crippen LogP contribution in [0, 0.1) is 0 Å². The van der Waals surface area contributed by atoms with Gasteiger partial charge in [-0.2, -0.15) is 0 Å². The second-order valence-electron chi connectivity index (χ2n) is 2.63. The number of carboxylic acids is 1. The predicted molar refractivity (Wildman–Crippen MR) is 47.4 cm³/mol. The number of pyridine rings is 1. The minimum absolute atomic E-state index is 0.306. The van der Waals surface area contributed by atoms with E-state index in [9.17, 15) is 18.7 Å². The van der Waals surface area contributed by atoms with Crippen molar-refractivity contribution >= 4 is 17.6 Å². The van der Waals surface area contributed by atoms with E-state index in [1.807, 2.05) is 0 Å². The second kappa shape index (κ2) is 4.39. The molecule has 7 heteroatoms. The Hall–Kier alpha value is -1.43. The van der Waals surface area contributed by atoms with Gasteiger partial charge in [-0.15, -0.1) is 11.6 Å². The van der Waals surface area contributed by atoms with Gasteiger partial charge >= 0.3 is 5.97 Å². The molecule has 0 aliphatic rings. The number of carboxylic acid groups (broad SMARTS) is 1. The summed E-state index contributed by atoms with van der Waals surface area (Å²) in [7, 11) is 0. The predicted octanol–water partition coefficient (Wildman–Crippen LogP) is 2.16. The highest BCUT2D eigenvalue weighted by Gasteiger charge is 2.22. The SMILES string of the molecule is O=C(O)c1ncc(C(F)F)c(CCl)c1O. The Labute approximate surface area is 88.1 Å². The van der Waals surface area contributed by atoms with Gasteiger partial charge in [-0.3, -0.25) is 0 Å². The van der Waals surface area contributed by atoms with Crippen molar-refractivity contribution in [2.75, 3.05) is 0 Å². The molecule has 1 heterocycles. The highest BCUT2D eigenvalue weighted by atomic mass is 35.5. The molecule has 1 aromatic rings. The lowest BCUT2D eigenvalue weighted by Gasteiger charge is -2.09. The molecule has 0 amide bonds. The minimum Gasteiger partial charge on any atom is -0.505 e. The topological polar surface area (TPSA) is 70.4 Å². The summed E-state index contributed by atoms with van der Waals surface area (Å²) in [5.41, 5.74) is -1.55. The van der Waals surface area contributed by atoms with Gasteiger partial charge in [0.1, 0.15) is 0 Å². The van der Waals surface area contributed by atoms with Crippen LogP contribution in [0.5, 0.6) is 5.75 Å².